The number of H-pyrrole nitrogens is 1. The molecule has 3 aromatic carbocycles. The Morgan fingerprint density at radius 1 is 0.941 bits per heavy atom. The van der Waals surface area contributed by atoms with Crippen LogP contribution in [0.15, 0.2) is 60.7 Å². The number of benzene rings is 3. The number of carbonyl (C=O) groups is 4. The lowest BCUT2D eigenvalue weighted by Gasteiger charge is -2.14. The van der Waals surface area contributed by atoms with Gasteiger partial charge in [0.2, 0.25) is 0 Å². The Balaban J connectivity index is 1.38. The Morgan fingerprint density at radius 3 is 2.35 bits per heavy atom. The minimum atomic E-state index is -1.23. The van der Waals surface area contributed by atoms with Crippen LogP contribution in [0.3, 0.4) is 0 Å². The van der Waals surface area contributed by atoms with E-state index in [1.807, 2.05) is 24.3 Å². The van der Waals surface area contributed by atoms with E-state index >= 15 is 0 Å². The van der Waals surface area contributed by atoms with Gasteiger partial charge in [0.1, 0.15) is 11.6 Å². The fraction of sp³-hybridized carbons (Fsp3) is 0.0417. The van der Waals surface area contributed by atoms with Gasteiger partial charge in [0.15, 0.2) is 0 Å². The van der Waals surface area contributed by atoms with E-state index < -0.39 is 23.7 Å². The molecule has 1 aliphatic rings. The van der Waals surface area contributed by atoms with Crippen molar-refractivity contribution in [3.63, 3.8) is 0 Å². The summed E-state index contributed by atoms with van der Waals surface area (Å²) in [6, 6.07) is 15.6. The summed E-state index contributed by atoms with van der Waals surface area (Å²) in [7, 11) is 1.58. The van der Waals surface area contributed by atoms with Crippen molar-refractivity contribution in [2.24, 2.45) is 0 Å². The highest BCUT2D eigenvalue weighted by atomic mass is 16.5. The molecule has 0 saturated carbocycles. The van der Waals surface area contributed by atoms with Crippen molar-refractivity contribution in [3.8, 4) is 17.1 Å². The summed E-state index contributed by atoms with van der Waals surface area (Å²) in [5.41, 5.74) is 4.35. The normalized spacial score (nSPS) is 12.7. The summed E-state index contributed by atoms with van der Waals surface area (Å²) in [4.78, 5) is 56.9. The van der Waals surface area contributed by atoms with Crippen molar-refractivity contribution < 1.29 is 29.0 Å². The number of carboxylic acid groups (broad SMARTS) is 1. The molecule has 168 valence electrons. The first-order chi connectivity index (χ1) is 16.4. The molecule has 0 spiro atoms. The zero-order valence-corrected chi connectivity index (χ0v) is 17.7. The van der Waals surface area contributed by atoms with Gasteiger partial charge in [0.25, 0.3) is 17.7 Å². The number of imide groups is 1. The molecule has 1 aromatic heterocycles. The minimum Gasteiger partial charge on any atom is -0.497 e. The number of carboxylic acids is 1. The number of amides is 3. The highest BCUT2D eigenvalue weighted by Gasteiger charge is 2.37. The van der Waals surface area contributed by atoms with E-state index in [4.69, 9.17) is 9.84 Å². The zero-order chi connectivity index (χ0) is 24.0. The largest absolute Gasteiger partial charge is 0.497 e. The molecule has 0 unspecified atom stereocenters. The average Bonchev–Trinajstić information content (AvgIpc) is 3.38. The van der Waals surface area contributed by atoms with Crippen molar-refractivity contribution in [1.29, 1.82) is 0 Å². The Hall–Kier alpha value is -4.99. The predicted octanol–water partition coefficient (Wildman–Crippen LogP) is 2.88. The number of fused-ring (bicyclic) bond motifs is 2. The second-order valence-electron chi connectivity index (χ2n) is 7.50. The van der Waals surface area contributed by atoms with Gasteiger partial charge in [-0.25, -0.2) is 9.78 Å². The van der Waals surface area contributed by atoms with Gasteiger partial charge >= 0.3 is 5.97 Å². The van der Waals surface area contributed by atoms with Gasteiger partial charge in [0.05, 0.1) is 34.8 Å². The first-order valence-corrected chi connectivity index (χ1v) is 10.1. The quantitative estimate of drug-likeness (QED) is 0.392. The molecule has 0 aliphatic carbocycles. The van der Waals surface area contributed by atoms with Crippen LogP contribution in [0.25, 0.3) is 22.4 Å². The fourth-order valence-corrected chi connectivity index (χ4v) is 3.68. The summed E-state index contributed by atoms with van der Waals surface area (Å²) < 4.78 is 5.16. The van der Waals surface area contributed by atoms with E-state index in [1.54, 1.807) is 19.2 Å². The number of methoxy groups -OCH3 is 1. The minimum absolute atomic E-state index is 0.0171. The number of aromatic nitrogens is 2. The molecular formula is C24H16N4O6. The van der Waals surface area contributed by atoms with E-state index in [9.17, 15) is 19.2 Å². The Morgan fingerprint density at radius 2 is 1.65 bits per heavy atom. The maximum absolute atomic E-state index is 12.8. The summed E-state index contributed by atoms with van der Waals surface area (Å²) in [6.45, 7) is 0. The van der Waals surface area contributed by atoms with Crippen LogP contribution in [0.1, 0.15) is 41.4 Å². The number of aromatic carboxylic acids is 1. The van der Waals surface area contributed by atoms with Crippen molar-refractivity contribution in [2.45, 2.75) is 0 Å². The van der Waals surface area contributed by atoms with Gasteiger partial charge < -0.3 is 14.8 Å². The number of rotatable bonds is 5. The van der Waals surface area contributed by atoms with Crippen LogP contribution in [-0.4, -0.2) is 50.9 Å². The Labute approximate surface area is 191 Å². The van der Waals surface area contributed by atoms with Crippen LogP contribution in [0, 0.1) is 0 Å². The third-order valence-corrected chi connectivity index (χ3v) is 5.45. The molecule has 10 heteroatoms. The fourth-order valence-electron chi connectivity index (χ4n) is 3.68. The lowest BCUT2D eigenvalue weighted by atomic mass is 10.1. The molecule has 0 bridgehead atoms. The highest BCUT2D eigenvalue weighted by Crippen LogP contribution is 2.25. The Kier molecular flexibility index (Phi) is 4.82. The van der Waals surface area contributed by atoms with Crippen molar-refractivity contribution >= 4 is 34.7 Å². The van der Waals surface area contributed by atoms with Crippen molar-refractivity contribution in [1.82, 2.24) is 20.4 Å². The number of nitrogens with one attached hydrogen (secondary N) is 2. The molecule has 0 saturated heterocycles. The second-order valence-corrected chi connectivity index (χ2v) is 7.50. The first kappa shape index (κ1) is 20.9. The van der Waals surface area contributed by atoms with Crippen LogP contribution in [-0.2, 0) is 0 Å². The number of hydrogen-bond acceptors (Lipinski definition) is 6. The molecule has 2 heterocycles. The van der Waals surface area contributed by atoms with E-state index in [-0.39, 0.29) is 22.3 Å². The lowest BCUT2D eigenvalue weighted by Crippen LogP contribution is -2.45. The second kappa shape index (κ2) is 7.85. The van der Waals surface area contributed by atoms with Crippen LogP contribution >= 0.6 is 0 Å². The number of carbonyl (C=O) groups excluding carboxylic acids is 3. The van der Waals surface area contributed by atoms with E-state index in [0.29, 0.717) is 27.6 Å². The topological polar surface area (TPSA) is 142 Å². The van der Waals surface area contributed by atoms with Gasteiger partial charge in [-0.15, -0.1) is 0 Å². The third kappa shape index (κ3) is 3.43. The molecule has 3 N–H and O–H groups in total. The predicted molar refractivity (Wildman–Crippen MR) is 119 cm³/mol. The maximum Gasteiger partial charge on any atom is 0.335 e. The number of imidazole rings is 1. The monoisotopic (exact) mass is 456 g/mol. The van der Waals surface area contributed by atoms with Gasteiger partial charge in [-0.05, 0) is 60.7 Å². The molecule has 10 nitrogen and oxygen atoms in total. The smallest absolute Gasteiger partial charge is 0.335 e. The average molecular weight is 456 g/mol. The summed E-state index contributed by atoms with van der Waals surface area (Å²) in [6.07, 6.45) is 0. The maximum atomic E-state index is 12.8. The number of ether oxygens (including phenoxy) is 1. The SMILES string of the molecule is COc1ccc(-c2nc3ccc(C(=O)NN4C(=O)c5ccc(C(=O)O)cc5C4=O)cc3[nH]2)cc1. The molecule has 1 aliphatic heterocycles. The molecule has 4 aromatic rings. The standard InChI is InChI=1S/C24H16N4O6/c1-34-15-6-2-12(3-7-15)20-25-18-9-5-13(11-19(18)26-20)21(29)27-28-22(30)16-8-4-14(24(32)33)10-17(16)23(28)31/h2-11H,1H3,(H,25,26)(H,27,29)(H,32,33). The van der Waals surface area contributed by atoms with Gasteiger partial charge in [-0.1, -0.05) is 0 Å². The van der Waals surface area contributed by atoms with Crippen LogP contribution in [0.4, 0.5) is 0 Å². The molecule has 0 atom stereocenters. The molecule has 0 radical (unpaired) electrons. The van der Waals surface area contributed by atoms with Crippen LogP contribution in [0.5, 0.6) is 5.75 Å². The first-order valence-electron chi connectivity index (χ1n) is 10.1. The third-order valence-electron chi connectivity index (χ3n) is 5.45. The summed E-state index contributed by atoms with van der Waals surface area (Å²) in [5.74, 6) is -2.14. The summed E-state index contributed by atoms with van der Waals surface area (Å²) in [5, 5.41) is 9.70. The van der Waals surface area contributed by atoms with Crippen molar-refractivity contribution in [3.05, 3.63) is 82.9 Å². The lowest BCUT2D eigenvalue weighted by molar-refractivity contribution is 0.0518. The summed E-state index contributed by atoms with van der Waals surface area (Å²) >= 11 is 0. The number of nitrogens with zero attached hydrogens (tertiary/aromatic N) is 2. The van der Waals surface area contributed by atoms with E-state index in [2.05, 4.69) is 15.4 Å². The zero-order valence-electron chi connectivity index (χ0n) is 17.7. The number of hydrogen-bond donors (Lipinski definition) is 3. The van der Waals surface area contributed by atoms with Crippen molar-refractivity contribution in [2.75, 3.05) is 7.11 Å². The molecule has 34 heavy (non-hydrogen) atoms. The van der Waals surface area contributed by atoms with Crippen LogP contribution < -0.4 is 10.2 Å². The van der Waals surface area contributed by atoms with E-state index in [0.717, 1.165) is 11.6 Å². The Bertz CT molecular complexity index is 1510. The van der Waals surface area contributed by atoms with Gasteiger partial charge in [-0.2, -0.15) is 5.01 Å². The molecular weight excluding hydrogens is 440 g/mol. The highest BCUT2D eigenvalue weighted by molar-refractivity contribution is 6.22. The van der Waals surface area contributed by atoms with Crippen LogP contribution in [0.2, 0.25) is 0 Å². The van der Waals surface area contributed by atoms with Gasteiger partial charge in [-0.3, -0.25) is 19.8 Å². The molecule has 5 rings (SSSR count). The number of hydrazine groups is 1. The van der Waals surface area contributed by atoms with E-state index in [1.165, 1.54) is 18.2 Å². The molecule has 3 amide bonds. The number of aromatic amines is 1. The molecule has 0 fully saturated rings. The van der Waals surface area contributed by atoms with Gasteiger partial charge in [0, 0.05) is 11.1 Å².